The number of aliphatic imine (C=N–C) groups is 1. The third kappa shape index (κ3) is 11.5. The van der Waals surface area contributed by atoms with Crippen molar-refractivity contribution in [2.75, 3.05) is 19.7 Å². The van der Waals surface area contributed by atoms with Crippen molar-refractivity contribution in [1.82, 2.24) is 40.6 Å². The van der Waals surface area contributed by atoms with Crippen LogP contribution in [0.5, 0.6) is 5.75 Å². The first-order valence-corrected chi connectivity index (χ1v) is 26.0. The molecule has 1 saturated heterocycles. The number of hydrogen-bond donors (Lipinski definition) is 4. The summed E-state index contributed by atoms with van der Waals surface area (Å²) in [4.78, 5) is 68.1. The van der Waals surface area contributed by atoms with Crippen molar-refractivity contribution < 1.29 is 33.4 Å². The van der Waals surface area contributed by atoms with Gasteiger partial charge in [0.2, 0.25) is 23.6 Å². The van der Waals surface area contributed by atoms with Gasteiger partial charge in [-0.15, -0.1) is 32.9 Å². The number of β-amino-alcohol motifs (C(OH)–C–C–N with tert-alkyl or cyclic N) is 1. The zero-order valence-corrected chi connectivity index (χ0v) is 43.9. The molecule has 1 fully saturated rings. The smallest absolute Gasteiger partial charge is 0.246 e. The van der Waals surface area contributed by atoms with Crippen LogP contribution in [0.3, 0.4) is 0 Å². The van der Waals surface area contributed by atoms with E-state index in [0.717, 1.165) is 54.0 Å². The van der Waals surface area contributed by atoms with Crippen molar-refractivity contribution in [2.45, 2.75) is 111 Å². The number of amides is 4. The number of benzene rings is 3. The van der Waals surface area contributed by atoms with Gasteiger partial charge in [-0.3, -0.25) is 28.7 Å². The normalized spacial score (nSPS) is 17.3. The van der Waals surface area contributed by atoms with E-state index in [0.29, 0.717) is 22.4 Å². The summed E-state index contributed by atoms with van der Waals surface area (Å²) in [5.41, 5.74) is 7.75. The Hall–Kier alpha value is -6.34. The Kier molecular flexibility index (Phi) is 15.7. The first kappa shape index (κ1) is 52.0. The van der Waals surface area contributed by atoms with Crippen molar-refractivity contribution in [3.63, 3.8) is 0 Å². The number of thiazole rings is 1. The molecular formula is C53H59ClFN9O6S2. The number of ether oxygens (including phenoxy) is 1. The van der Waals surface area contributed by atoms with E-state index in [2.05, 4.69) is 45.0 Å². The molecule has 6 aromatic rings. The molecule has 4 N–H and O–H groups in total. The summed E-state index contributed by atoms with van der Waals surface area (Å²) in [6.07, 6.45) is -1.04. The number of aliphatic hydroxyl groups is 1. The summed E-state index contributed by atoms with van der Waals surface area (Å²) < 4.78 is 23.1. The zero-order chi connectivity index (χ0) is 51.6. The summed E-state index contributed by atoms with van der Waals surface area (Å²) in [6.45, 7) is 15.4. The molecule has 72 heavy (non-hydrogen) atoms. The second-order valence-corrected chi connectivity index (χ2v) is 21.9. The van der Waals surface area contributed by atoms with E-state index >= 15 is 4.39 Å². The second-order valence-electron chi connectivity index (χ2n) is 19.4. The molecule has 0 bridgehead atoms. The number of carbonyl (C=O) groups excluding carboxylic acids is 4. The number of aromatic nitrogens is 4. The molecule has 2 aliphatic rings. The summed E-state index contributed by atoms with van der Waals surface area (Å²) in [5, 5.41) is 29.9. The van der Waals surface area contributed by atoms with Gasteiger partial charge in [0.1, 0.15) is 47.1 Å². The fourth-order valence-electron chi connectivity index (χ4n) is 9.07. The molecule has 4 amide bonds. The average Bonchev–Trinajstić information content (AvgIpc) is 4.11. The number of nitrogens with one attached hydrogen (secondary N) is 3. The third-order valence-corrected chi connectivity index (χ3v) is 15.5. The molecule has 378 valence electrons. The van der Waals surface area contributed by atoms with Crippen molar-refractivity contribution in [3.05, 3.63) is 133 Å². The number of thiophene rings is 1. The maximum atomic E-state index is 15.2. The number of likely N-dealkylation sites (tertiary alicyclic amines) is 1. The van der Waals surface area contributed by atoms with Gasteiger partial charge >= 0.3 is 0 Å². The van der Waals surface area contributed by atoms with Crippen LogP contribution in [0.2, 0.25) is 5.02 Å². The second kappa shape index (κ2) is 21.8. The van der Waals surface area contributed by atoms with E-state index in [9.17, 15) is 24.3 Å². The Morgan fingerprint density at radius 3 is 2.38 bits per heavy atom. The van der Waals surface area contributed by atoms with E-state index in [1.807, 2.05) is 73.9 Å². The first-order valence-electron chi connectivity index (χ1n) is 23.9. The SMILES string of the molecule is Cc1ncsc1-c1ccc([C@H](C)NC(=O)[C@@H]2C[C@@H](O)CN2C(=O)C(NC(=O)CCc2cc(OCCNC(=O)C[C@@H]3N=C(c4ccc(Cl)cc4)c4c(sc(C)c4C)-n4c(C)nnc43)ccc2F)C(C)(C)C)cc1. The van der Waals surface area contributed by atoms with Crippen LogP contribution in [0.1, 0.15) is 109 Å². The fourth-order valence-corrected chi connectivity index (χ4v) is 11.2. The minimum absolute atomic E-state index is 0.00247. The summed E-state index contributed by atoms with van der Waals surface area (Å²) in [5.74, 6) is -0.614. The van der Waals surface area contributed by atoms with Gasteiger partial charge in [0, 0.05) is 40.4 Å². The average molecular weight is 1040 g/mol. The highest BCUT2D eigenvalue weighted by molar-refractivity contribution is 7.15. The van der Waals surface area contributed by atoms with Gasteiger partial charge in [0.15, 0.2) is 5.82 Å². The molecule has 3 aromatic heterocycles. The van der Waals surface area contributed by atoms with Gasteiger partial charge < -0.3 is 30.7 Å². The number of nitrogens with zero attached hydrogens (tertiary/aromatic N) is 6. The largest absolute Gasteiger partial charge is 0.492 e. The van der Waals surface area contributed by atoms with Crippen LogP contribution in [0.25, 0.3) is 15.4 Å². The van der Waals surface area contributed by atoms with Crippen LogP contribution < -0.4 is 20.7 Å². The number of rotatable bonds is 16. The fraction of sp³-hybridized carbons (Fsp3) is 0.396. The molecule has 1 unspecified atom stereocenters. The van der Waals surface area contributed by atoms with Crippen molar-refractivity contribution in [3.8, 4) is 21.2 Å². The van der Waals surface area contributed by atoms with E-state index in [1.54, 1.807) is 49.0 Å². The maximum absolute atomic E-state index is 15.2. The molecular weight excluding hydrogens is 977 g/mol. The molecule has 0 aliphatic carbocycles. The van der Waals surface area contributed by atoms with Crippen LogP contribution in [0.4, 0.5) is 4.39 Å². The highest BCUT2D eigenvalue weighted by Gasteiger charge is 2.45. The molecule has 5 atom stereocenters. The lowest BCUT2D eigenvalue weighted by Crippen LogP contribution is -2.57. The van der Waals surface area contributed by atoms with Gasteiger partial charge in [-0.2, -0.15) is 0 Å². The lowest BCUT2D eigenvalue weighted by Gasteiger charge is -2.35. The lowest BCUT2D eigenvalue weighted by molar-refractivity contribution is -0.144. The number of halogens is 2. The molecule has 0 saturated carbocycles. The quantitative estimate of drug-likeness (QED) is 0.0691. The van der Waals surface area contributed by atoms with Crippen molar-refractivity contribution in [2.24, 2.45) is 10.4 Å². The number of aryl methyl sites for hydroxylation is 4. The molecule has 2 aliphatic heterocycles. The predicted molar refractivity (Wildman–Crippen MR) is 277 cm³/mol. The van der Waals surface area contributed by atoms with E-state index < -0.39 is 53.2 Å². The van der Waals surface area contributed by atoms with Gasteiger partial charge in [-0.25, -0.2) is 9.37 Å². The van der Waals surface area contributed by atoms with Gasteiger partial charge in [0.05, 0.1) is 46.9 Å². The van der Waals surface area contributed by atoms with Gasteiger partial charge in [-0.05, 0) is 99.0 Å². The number of fused-ring (bicyclic) bond motifs is 3. The van der Waals surface area contributed by atoms with Crippen LogP contribution in [0.15, 0.2) is 77.2 Å². The van der Waals surface area contributed by atoms with Crippen LogP contribution in [0, 0.1) is 38.9 Å². The minimum Gasteiger partial charge on any atom is -0.492 e. The van der Waals surface area contributed by atoms with Crippen LogP contribution >= 0.6 is 34.3 Å². The molecule has 3 aromatic carbocycles. The van der Waals surface area contributed by atoms with Gasteiger partial charge in [-0.1, -0.05) is 68.8 Å². The Balaban J connectivity index is 0.848. The number of aliphatic hydroxyl groups excluding tert-OH is 1. The maximum Gasteiger partial charge on any atom is 0.246 e. The highest BCUT2D eigenvalue weighted by Crippen LogP contribution is 2.40. The standard InChI is InChI=1S/C53H59ClFN9O6S2/c1-28-31(4)72-52-45(28)46(34-13-16-37(54)17-14-34)59-41(49-62-61-32(5)64(49)52)25-44(67)56-21-22-70-39-18-19-40(55)36(23-39)15-20-43(66)60-48(53(6,7)8)51(69)63-26-38(65)24-42(63)50(68)58-29(2)33-9-11-35(12-10-33)47-30(3)57-27-71-47/h9-14,16-19,23,27,29,38,41-42,48,65H,15,20-22,24-26H2,1-8H3,(H,56,67)(H,58,68)(H,60,66)/t29-,38+,41-,42-,48?/m0/s1. The highest BCUT2D eigenvalue weighted by atomic mass is 35.5. The Labute approximate surface area is 431 Å². The van der Waals surface area contributed by atoms with Crippen molar-refractivity contribution in [1.29, 1.82) is 0 Å². The van der Waals surface area contributed by atoms with Crippen molar-refractivity contribution >= 4 is 63.6 Å². The summed E-state index contributed by atoms with van der Waals surface area (Å²) >= 11 is 9.44. The van der Waals surface area contributed by atoms with E-state index in [-0.39, 0.29) is 62.9 Å². The molecule has 0 radical (unpaired) electrons. The molecule has 15 nitrogen and oxygen atoms in total. The number of hydrogen-bond acceptors (Lipinski definition) is 12. The summed E-state index contributed by atoms with van der Waals surface area (Å²) in [6, 6.07) is 16.5. The van der Waals surface area contributed by atoms with E-state index in [1.165, 1.54) is 23.1 Å². The van der Waals surface area contributed by atoms with E-state index in [4.69, 9.17) is 21.3 Å². The van der Waals surface area contributed by atoms with Gasteiger partial charge in [0.25, 0.3) is 0 Å². The third-order valence-electron chi connectivity index (χ3n) is 13.1. The minimum atomic E-state index is -1.05. The predicted octanol–water partition coefficient (Wildman–Crippen LogP) is 8.26. The Morgan fingerprint density at radius 2 is 1.68 bits per heavy atom. The van der Waals surface area contributed by atoms with Crippen LogP contribution in [-0.2, 0) is 25.6 Å². The number of carbonyl (C=O) groups is 4. The lowest BCUT2D eigenvalue weighted by atomic mass is 9.85. The van der Waals surface area contributed by atoms with Crippen LogP contribution in [-0.4, -0.2) is 97.0 Å². The molecule has 8 rings (SSSR count). The first-order chi connectivity index (χ1) is 34.3. The molecule has 19 heteroatoms. The Morgan fingerprint density at radius 1 is 0.958 bits per heavy atom. The molecule has 5 heterocycles. The summed E-state index contributed by atoms with van der Waals surface area (Å²) in [7, 11) is 0. The zero-order valence-electron chi connectivity index (χ0n) is 41.5. The monoisotopic (exact) mass is 1040 g/mol. The topological polar surface area (TPSA) is 193 Å². The Bertz CT molecular complexity index is 3020. The molecule has 0 spiro atoms.